The SMILES string of the molecule is CC1=C(C(=O)Nc2ccccc2N)C(=O)N2NC(C(F)(F)F)C(c3ccccc3)C2N1. The second-order valence-electron chi connectivity index (χ2n) is 7.39. The van der Waals surface area contributed by atoms with Crippen LogP contribution in [0.4, 0.5) is 24.5 Å². The van der Waals surface area contributed by atoms with E-state index >= 15 is 0 Å². The number of para-hydroxylation sites is 2. The molecule has 5 N–H and O–H groups in total. The van der Waals surface area contributed by atoms with Crippen LogP contribution >= 0.6 is 0 Å². The molecular weight excluding hydrogens is 411 g/mol. The van der Waals surface area contributed by atoms with Gasteiger partial charge in [-0.05, 0) is 24.6 Å². The number of nitrogens with two attached hydrogens (primary N) is 1. The first kappa shape index (κ1) is 20.7. The largest absolute Gasteiger partial charge is 0.406 e. The van der Waals surface area contributed by atoms with Crippen LogP contribution in [0, 0.1) is 0 Å². The molecule has 2 aliphatic rings. The molecule has 0 aromatic heterocycles. The first-order valence-electron chi connectivity index (χ1n) is 9.53. The maximum Gasteiger partial charge on any atom is 0.406 e. The number of hydrogen-bond acceptors (Lipinski definition) is 5. The topological polar surface area (TPSA) is 99.5 Å². The van der Waals surface area contributed by atoms with Crippen LogP contribution in [0.2, 0.25) is 0 Å². The standard InChI is InChI=1S/C21H20F3N5O2/c1-11-15(19(30)27-14-10-6-5-9-13(14)25)20(31)29-18(26-11)16(12-7-3-2-4-8-12)17(28-29)21(22,23)24/h2-10,16-18,26,28H,25H2,1H3,(H,27,30). The average Bonchev–Trinajstić information content (AvgIpc) is 3.10. The van der Waals surface area contributed by atoms with E-state index in [1.54, 1.807) is 54.6 Å². The number of alkyl halides is 3. The van der Waals surface area contributed by atoms with E-state index in [1.165, 1.54) is 6.92 Å². The smallest absolute Gasteiger partial charge is 0.397 e. The number of carbonyl (C=O) groups is 2. The first-order chi connectivity index (χ1) is 14.7. The molecule has 3 atom stereocenters. The minimum atomic E-state index is -4.62. The van der Waals surface area contributed by atoms with Gasteiger partial charge in [0.25, 0.3) is 11.8 Å². The van der Waals surface area contributed by atoms with Crippen LogP contribution in [0.5, 0.6) is 0 Å². The summed E-state index contributed by atoms with van der Waals surface area (Å²) in [6.45, 7) is 1.49. The Balaban J connectivity index is 1.67. The minimum Gasteiger partial charge on any atom is -0.397 e. The highest BCUT2D eigenvalue weighted by molar-refractivity contribution is 6.24. The number of anilines is 2. The third-order valence-corrected chi connectivity index (χ3v) is 5.40. The number of nitrogens with zero attached hydrogens (tertiary/aromatic N) is 1. The third-order valence-electron chi connectivity index (χ3n) is 5.40. The lowest BCUT2D eigenvalue weighted by Gasteiger charge is -2.34. The molecule has 2 aliphatic heterocycles. The third kappa shape index (κ3) is 3.70. The number of halogens is 3. The number of fused-ring (bicyclic) bond motifs is 1. The molecule has 2 heterocycles. The van der Waals surface area contributed by atoms with Gasteiger partial charge in [0.05, 0.1) is 17.3 Å². The number of nitrogen functional groups attached to an aromatic ring is 1. The van der Waals surface area contributed by atoms with Gasteiger partial charge in [0, 0.05) is 5.70 Å². The zero-order valence-electron chi connectivity index (χ0n) is 16.4. The minimum absolute atomic E-state index is 0.184. The fraction of sp³-hybridized carbons (Fsp3) is 0.238. The maximum atomic E-state index is 13.8. The molecule has 3 unspecified atom stereocenters. The van der Waals surface area contributed by atoms with E-state index in [-0.39, 0.29) is 11.3 Å². The summed E-state index contributed by atoms with van der Waals surface area (Å²) >= 11 is 0. The van der Waals surface area contributed by atoms with Gasteiger partial charge in [-0.15, -0.1) is 0 Å². The molecule has 2 amide bonds. The van der Waals surface area contributed by atoms with Gasteiger partial charge in [-0.2, -0.15) is 13.2 Å². The molecule has 31 heavy (non-hydrogen) atoms. The van der Waals surface area contributed by atoms with Crippen molar-refractivity contribution in [2.45, 2.75) is 31.2 Å². The lowest BCUT2D eigenvalue weighted by Crippen LogP contribution is -2.56. The van der Waals surface area contributed by atoms with E-state index in [4.69, 9.17) is 5.73 Å². The molecule has 0 aliphatic carbocycles. The van der Waals surface area contributed by atoms with Gasteiger partial charge in [0.15, 0.2) is 0 Å². The summed E-state index contributed by atoms with van der Waals surface area (Å²) in [4.78, 5) is 25.9. The predicted molar refractivity (Wildman–Crippen MR) is 108 cm³/mol. The molecule has 0 radical (unpaired) electrons. The highest BCUT2D eigenvalue weighted by atomic mass is 19.4. The summed E-state index contributed by atoms with van der Waals surface area (Å²) < 4.78 is 41.4. The van der Waals surface area contributed by atoms with E-state index < -0.39 is 36.1 Å². The van der Waals surface area contributed by atoms with Crippen molar-refractivity contribution in [3.8, 4) is 0 Å². The quantitative estimate of drug-likeness (QED) is 0.442. The van der Waals surface area contributed by atoms with Crippen molar-refractivity contribution in [3.05, 3.63) is 71.4 Å². The Morgan fingerprint density at radius 3 is 2.39 bits per heavy atom. The van der Waals surface area contributed by atoms with Crippen molar-refractivity contribution in [3.63, 3.8) is 0 Å². The van der Waals surface area contributed by atoms with Gasteiger partial charge in [0.1, 0.15) is 17.8 Å². The van der Waals surface area contributed by atoms with Crippen molar-refractivity contribution in [1.29, 1.82) is 0 Å². The summed E-state index contributed by atoms with van der Waals surface area (Å²) in [6.07, 6.45) is -5.63. The van der Waals surface area contributed by atoms with Gasteiger partial charge < -0.3 is 16.4 Å². The number of rotatable bonds is 3. The van der Waals surface area contributed by atoms with E-state index in [0.717, 1.165) is 5.01 Å². The Bertz CT molecular complexity index is 1050. The zero-order valence-corrected chi connectivity index (χ0v) is 16.4. The monoisotopic (exact) mass is 431 g/mol. The van der Waals surface area contributed by atoms with Crippen molar-refractivity contribution in [2.24, 2.45) is 0 Å². The molecule has 7 nitrogen and oxygen atoms in total. The Labute approximate surface area is 176 Å². The van der Waals surface area contributed by atoms with Gasteiger partial charge in [0.2, 0.25) is 0 Å². The molecule has 1 saturated heterocycles. The molecule has 0 bridgehead atoms. The van der Waals surface area contributed by atoms with Crippen LogP contribution in [0.3, 0.4) is 0 Å². The van der Waals surface area contributed by atoms with E-state index in [0.29, 0.717) is 16.9 Å². The predicted octanol–water partition coefficient (Wildman–Crippen LogP) is 2.47. The summed E-state index contributed by atoms with van der Waals surface area (Å²) in [6, 6.07) is 12.6. The van der Waals surface area contributed by atoms with Crippen molar-refractivity contribution in [1.82, 2.24) is 15.8 Å². The number of hydrazine groups is 1. The lowest BCUT2D eigenvalue weighted by molar-refractivity contribution is -0.161. The van der Waals surface area contributed by atoms with Crippen molar-refractivity contribution in [2.75, 3.05) is 11.1 Å². The lowest BCUT2D eigenvalue weighted by atomic mass is 9.89. The molecule has 0 spiro atoms. The molecular formula is C21H20F3N5O2. The molecule has 2 aromatic rings. The Morgan fingerprint density at radius 2 is 1.74 bits per heavy atom. The van der Waals surface area contributed by atoms with Crippen LogP contribution in [-0.2, 0) is 9.59 Å². The number of hydrogen-bond donors (Lipinski definition) is 4. The summed E-state index contributed by atoms with van der Waals surface area (Å²) in [5, 5.41) is 6.32. The molecule has 0 saturated carbocycles. The van der Waals surface area contributed by atoms with Gasteiger partial charge in [-0.1, -0.05) is 42.5 Å². The Kier molecular flexibility index (Phi) is 5.10. The van der Waals surface area contributed by atoms with Crippen LogP contribution in [-0.4, -0.2) is 35.2 Å². The second kappa shape index (κ2) is 7.62. The fourth-order valence-corrected chi connectivity index (χ4v) is 3.96. The van der Waals surface area contributed by atoms with E-state index in [1.807, 2.05) is 0 Å². The number of carbonyl (C=O) groups excluding carboxylic acids is 2. The first-order valence-corrected chi connectivity index (χ1v) is 9.53. The van der Waals surface area contributed by atoms with Crippen LogP contribution in [0.1, 0.15) is 18.4 Å². The summed E-state index contributed by atoms with van der Waals surface area (Å²) in [5.74, 6) is -2.71. The number of benzene rings is 2. The van der Waals surface area contributed by atoms with Gasteiger partial charge in [-0.3, -0.25) is 9.59 Å². The number of nitrogens with one attached hydrogen (secondary N) is 3. The van der Waals surface area contributed by atoms with E-state index in [9.17, 15) is 22.8 Å². The zero-order chi connectivity index (χ0) is 22.3. The van der Waals surface area contributed by atoms with E-state index in [2.05, 4.69) is 16.1 Å². The summed E-state index contributed by atoms with van der Waals surface area (Å²) in [7, 11) is 0. The molecule has 162 valence electrons. The number of amides is 2. The highest BCUT2D eigenvalue weighted by Crippen LogP contribution is 2.41. The van der Waals surface area contributed by atoms with Crippen molar-refractivity contribution < 1.29 is 22.8 Å². The Morgan fingerprint density at radius 1 is 1.10 bits per heavy atom. The second-order valence-corrected chi connectivity index (χ2v) is 7.39. The molecule has 10 heteroatoms. The molecule has 1 fully saturated rings. The normalized spacial score (nSPS) is 23.4. The van der Waals surface area contributed by atoms with Crippen LogP contribution in [0.25, 0.3) is 0 Å². The maximum absolute atomic E-state index is 13.8. The van der Waals surface area contributed by atoms with Crippen LogP contribution < -0.4 is 21.8 Å². The van der Waals surface area contributed by atoms with Gasteiger partial charge in [-0.25, -0.2) is 10.4 Å². The summed E-state index contributed by atoms with van der Waals surface area (Å²) in [5.41, 5.74) is 9.00. The van der Waals surface area contributed by atoms with Crippen molar-refractivity contribution >= 4 is 23.2 Å². The average molecular weight is 431 g/mol. The van der Waals surface area contributed by atoms with Gasteiger partial charge >= 0.3 is 6.18 Å². The molecule has 2 aromatic carbocycles. The molecule has 4 rings (SSSR count). The number of allylic oxidation sites excluding steroid dienone is 1. The Hall–Kier alpha value is -3.53. The fourth-order valence-electron chi connectivity index (χ4n) is 3.96. The van der Waals surface area contributed by atoms with Crippen LogP contribution in [0.15, 0.2) is 65.9 Å². The highest BCUT2D eigenvalue weighted by Gasteiger charge is 2.58.